The SMILES string of the molecule is C[n+]1[c-]n2c3c(cccc31)C1(c3ccc(Oc4ccc5c6ccccc6n(-c6ccccn6)c5c4)cc3-2)c2cc(-c3ccccc3)ccc2C(C)(C)c2ccc(-c3ccccc3)cc21. The smallest absolute Gasteiger partial charge is 0.244 e. The van der Waals surface area contributed by atoms with Crippen molar-refractivity contribution >= 4 is 32.8 Å². The number of para-hydroxylation sites is 2. The number of rotatable bonds is 5. The predicted molar refractivity (Wildman–Crippen MR) is 257 cm³/mol. The topological polar surface area (TPSA) is 35.9 Å². The van der Waals surface area contributed by atoms with E-state index in [0.717, 1.165) is 50.5 Å². The Morgan fingerprint density at radius 1 is 0.500 bits per heavy atom. The van der Waals surface area contributed by atoms with Crippen LogP contribution in [0.15, 0.2) is 200 Å². The summed E-state index contributed by atoms with van der Waals surface area (Å²) in [7, 11) is 2.10. The molecule has 0 radical (unpaired) electrons. The van der Waals surface area contributed by atoms with Gasteiger partial charge in [-0.15, -0.1) is 0 Å². The average molecular weight is 823 g/mol. The summed E-state index contributed by atoms with van der Waals surface area (Å²) >= 11 is 0. The maximum atomic E-state index is 6.96. The first-order valence-electron chi connectivity index (χ1n) is 22.0. The number of hydrogen-bond donors (Lipinski definition) is 0. The Hall–Kier alpha value is -8.02. The largest absolute Gasteiger partial charge is 0.458 e. The van der Waals surface area contributed by atoms with Crippen molar-refractivity contribution in [3.05, 3.63) is 240 Å². The second-order valence-corrected chi connectivity index (χ2v) is 17.8. The lowest BCUT2D eigenvalue weighted by atomic mass is 9.53. The maximum Gasteiger partial charge on any atom is 0.244 e. The van der Waals surface area contributed by atoms with E-state index < -0.39 is 5.41 Å². The normalized spacial score (nSPS) is 14.1. The van der Waals surface area contributed by atoms with Crippen molar-refractivity contribution in [2.75, 3.05) is 0 Å². The van der Waals surface area contributed by atoms with Gasteiger partial charge in [0.2, 0.25) is 6.33 Å². The van der Waals surface area contributed by atoms with Crippen LogP contribution in [0, 0.1) is 6.33 Å². The molecule has 64 heavy (non-hydrogen) atoms. The van der Waals surface area contributed by atoms with E-state index in [0.29, 0.717) is 0 Å². The van der Waals surface area contributed by atoms with Crippen molar-refractivity contribution in [2.24, 2.45) is 7.05 Å². The molecule has 0 bridgehead atoms. The van der Waals surface area contributed by atoms with Gasteiger partial charge < -0.3 is 13.9 Å². The molecule has 13 rings (SSSR count). The van der Waals surface area contributed by atoms with Crippen molar-refractivity contribution in [3.63, 3.8) is 0 Å². The number of hydrogen-bond acceptors (Lipinski definition) is 2. The minimum absolute atomic E-state index is 0.288. The average Bonchev–Trinajstić information content (AvgIpc) is 3.86. The molecule has 1 spiro atoms. The van der Waals surface area contributed by atoms with E-state index in [9.17, 15) is 0 Å². The van der Waals surface area contributed by atoms with E-state index in [1.54, 1.807) is 0 Å². The van der Waals surface area contributed by atoms with Crippen LogP contribution in [-0.4, -0.2) is 14.1 Å². The van der Waals surface area contributed by atoms with Crippen LogP contribution in [-0.2, 0) is 17.9 Å². The molecular weight excluding hydrogens is 781 g/mol. The Labute approximate surface area is 371 Å². The Morgan fingerprint density at radius 2 is 1.12 bits per heavy atom. The highest BCUT2D eigenvalue weighted by Gasteiger charge is 2.52. The van der Waals surface area contributed by atoms with Crippen molar-refractivity contribution in [1.29, 1.82) is 0 Å². The lowest BCUT2D eigenvalue weighted by molar-refractivity contribution is -0.649. The molecule has 0 atom stereocenters. The zero-order chi connectivity index (χ0) is 42.7. The minimum atomic E-state index is -0.694. The molecule has 3 aromatic heterocycles. The van der Waals surface area contributed by atoms with Gasteiger partial charge >= 0.3 is 0 Å². The maximum absolute atomic E-state index is 6.96. The number of aromatic nitrogens is 4. The third kappa shape index (κ3) is 5.06. The Bertz CT molecular complexity index is 3580. The molecule has 0 amide bonds. The van der Waals surface area contributed by atoms with Crippen LogP contribution >= 0.6 is 0 Å². The van der Waals surface area contributed by atoms with Gasteiger partial charge in [-0.25, -0.2) is 4.98 Å². The Morgan fingerprint density at radius 3 is 1.83 bits per heavy atom. The molecule has 0 saturated heterocycles. The van der Waals surface area contributed by atoms with Crippen LogP contribution < -0.4 is 9.30 Å². The molecule has 304 valence electrons. The third-order valence-electron chi connectivity index (χ3n) is 14.0. The lowest BCUT2D eigenvalue weighted by Crippen LogP contribution is -2.44. The van der Waals surface area contributed by atoms with Gasteiger partial charge in [0.1, 0.15) is 17.3 Å². The fourth-order valence-corrected chi connectivity index (χ4v) is 11.2. The molecule has 0 N–H and O–H groups in total. The summed E-state index contributed by atoms with van der Waals surface area (Å²) in [5.74, 6) is 2.37. The van der Waals surface area contributed by atoms with Crippen LogP contribution in [0.2, 0.25) is 0 Å². The fraction of sp³-hybridized carbons (Fsp3) is 0.0847. The molecule has 11 aromatic rings. The van der Waals surface area contributed by atoms with Crippen LogP contribution in [0.25, 0.3) is 66.6 Å². The van der Waals surface area contributed by atoms with Crippen LogP contribution in [0.1, 0.15) is 47.2 Å². The van der Waals surface area contributed by atoms with E-state index in [1.165, 1.54) is 61.0 Å². The van der Waals surface area contributed by atoms with Crippen molar-refractivity contribution < 1.29 is 9.30 Å². The molecule has 0 saturated carbocycles. The second kappa shape index (κ2) is 13.5. The fourth-order valence-electron chi connectivity index (χ4n) is 11.2. The molecule has 2 aliphatic rings. The van der Waals surface area contributed by atoms with Gasteiger partial charge in [0.15, 0.2) is 0 Å². The van der Waals surface area contributed by atoms with Gasteiger partial charge in [-0.1, -0.05) is 147 Å². The van der Waals surface area contributed by atoms with E-state index in [1.807, 2.05) is 18.3 Å². The summed E-state index contributed by atoms with van der Waals surface area (Å²) in [5.41, 5.74) is 16.9. The first-order chi connectivity index (χ1) is 31.4. The van der Waals surface area contributed by atoms with Gasteiger partial charge in [0.05, 0.1) is 40.2 Å². The third-order valence-corrected chi connectivity index (χ3v) is 14.0. The minimum Gasteiger partial charge on any atom is -0.458 e. The summed E-state index contributed by atoms with van der Waals surface area (Å²) < 4.78 is 13.6. The monoisotopic (exact) mass is 822 g/mol. The molecule has 1 aliphatic carbocycles. The molecule has 0 unspecified atom stereocenters. The quantitative estimate of drug-likeness (QED) is 0.128. The molecular formula is C59H42N4O. The molecule has 0 fully saturated rings. The highest BCUT2D eigenvalue weighted by Crippen LogP contribution is 2.60. The molecule has 8 aromatic carbocycles. The summed E-state index contributed by atoms with van der Waals surface area (Å²) in [6.45, 7) is 4.79. The number of ether oxygens (including phenoxy) is 1. The summed E-state index contributed by atoms with van der Waals surface area (Å²) in [6.07, 6.45) is 5.58. The number of fused-ring (bicyclic) bond motifs is 11. The predicted octanol–water partition coefficient (Wildman–Crippen LogP) is 13.2. The zero-order valence-corrected chi connectivity index (χ0v) is 35.7. The molecule has 4 heterocycles. The number of imidazole rings is 1. The van der Waals surface area contributed by atoms with Crippen LogP contribution in [0.5, 0.6) is 11.5 Å². The Balaban J connectivity index is 1.08. The van der Waals surface area contributed by atoms with Crippen molar-refractivity contribution in [1.82, 2.24) is 14.1 Å². The van der Waals surface area contributed by atoms with E-state index in [-0.39, 0.29) is 5.41 Å². The second-order valence-electron chi connectivity index (χ2n) is 17.8. The van der Waals surface area contributed by atoms with Gasteiger partial charge in [0.25, 0.3) is 0 Å². The first-order valence-corrected chi connectivity index (χ1v) is 22.0. The van der Waals surface area contributed by atoms with Gasteiger partial charge in [-0.2, -0.15) is 0 Å². The van der Waals surface area contributed by atoms with Crippen LogP contribution in [0.4, 0.5) is 0 Å². The summed E-state index contributed by atoms with van der Waals surface area (Å²) in [6, 6.07) is 70.4. The molecule has 5 nitrogen and oxygen atoms in total. The summed E-state index contributed by atoms with van der Waals surface area (Å²) in [5, 5.41) is 2.33. The van der Waals surface area contributed by atoms with E-state index >= 15 is 0 Å². The zero-order valence-electron chi connectivity index (χ0n) is 35.7. The van der Waals surface area contributed by atoms with E-state index in [4.69, 9.17) is 9.72 Å². The number of aryl methyl sites for hydroxylation is 1. The van der Waals surface area contributed by atoms with E-state index in [2.05, 4.69) is 223 Å². The van der Waals surface area contributed by atoms with Gasteiger partial charge in [-0.05, 0) is 110 Å². The van der Waals surface area contributed by atoms with Crippen molar-refractivity contribution in [2.45, 2.75) is 24.7 Å². The first kappa shape index (κ1) is 36.6. The number of benzene rings is 8. The molecule has 5 heteroatoms. The van der Waals surface area contributed by atoms with Gasteiger partial charge in [-0.3, -0.25) is 4.57 Å². The van der Waals surface area contributed by atoms with Crippen LogP contribution in [0.3, 0.4) is 0 Å². The number of pyridine rings is 1. The summed E-state index contributed by atoms with van der Waals surface area (Å²) in [4.78, 5) is 4.76. The van der Waals surface area contributed by atoms with Crippen molar-refractivity contribution in [3.8, 4) is 45.3 Å². The number of nitrogens with zero attached hydrogens (tertiary/aromatic N) is 4. The Kier molecular flexibility index (Phi) is 7.72. The van der Waals surface area contributed by atoms with Gasteiger partial charge in [0, 0.05) is 28.5 Å². The standard InChI is InChI=1S/C59H42N4O/c1-58(2)46-29-24-40(38-15-6-4-7-16-38)33-50(46)59(51-34-41(25-30-47(51)58)39-17-8-5-9-18-39)48-31-27-43(36-55(48)62-37-61(3)53-22-14-20-49(59)57(53)62)64-42-26-28-45-44-19-10-11-21-52(44)63(54(45)35-42)56-23-12-13-32-60-56/h4-36H,1-3H3. The molecule has 1 aliphatic heterocycles. The highest BCUT2D eigenvalue weighted by molar-refractivity contribution is 6.09. The lowest BCUT2D eigenvalue weighted by Gasteiger charge is -2.51. The highest BCUT2D eigenvalue weighted by atomic mass is 16.5.